The van der Waals surface area contributed by atoms with Crippen molar-refractivity contribution >= 4 is 35.3 Å². The number of benzene rings is 2. The number of aryl methyl sites for hydroxylation is 1. The van der Waals surface area contributed by atoms with Crippen LogP contribution in [0.5, 0.6) is 11.5 Å². The number of carbonyl (C=O) groups excluding carboxylic acids is 5. The number of hydrogen-bond donors (Lipinski definition) is 2. The second-order valence-electron chi connectivity index (χ2n) is 17.3. The number of piperidine rings is 2. The highest BCUT2D eigenvalue weighted by Gasteiger charge is 2.45. The molecule has 2 unspecified atom stereocenters. The normalized spacial score (nSPS) is 20.9. The van der Waals surface area contributed by atoms with Gasteiger partial charge >= 0.3 is 6.03 Å². The Bertz CT molecular complexity index is 2290. The lowest BCUT2D eigenvalue weighted by Crippen LogP contribution is -2.54. The topological polar surface area (TPSA) is 166 Å². The van der Waals surface area contributed by atoms with E-state index in [0.29, 0.717) is 60.5 Å². The van der Waals surface area contributed by atoms with Gasteiger partial charge in [-0.15, -0.1) is 0 Å². The van der Waals surface area contributed by atoms with Crippen LogP contribution in [0.15, 0.2) is 41.3 Å². The van der Waals surface area contributed by atoms with E-state index in [4.69, 9.17) is 9.47 Å². The first kappa shape index (κ1) is 42.0. The molecule has 5 aliphatic heterocycles. The summed E-state index contributed by atoms with van der Waals surface area (Å²) in [7, 11) is 9.03. The number of likely N-dealkylation sites (tertiary alicyclic amines) is 1. The standard InChI is InChI=1S/C45H56N8O8/c1-48(2)24-36-38(60-4)20-29(21-39(36)61-5)34-25-49(3)42(56)35-26-52(18-13-31(34)35)45(59)46-14-19-50-15-10-28(23-50)27-11-16-51(17-12-27)30-6-7-32-33(22-30)44(58)53(43(32)57)37-8-9-40(54)47-41(37)55/h6-7,20-22,25,27-28,37H,8-19,23-24,26H2,1-5H3,(H,46,59)(H,47,54,55). The van der Waals surface area contributed by atoms with Crippen LogP contribution >= 0.6 is 0 Å². The van der Waals surface area contributed by atoms with Gasteiger partial charge in [0.05, 0.1) is 37.5 Å². The van der Waals surface area contributed by atoms with E-state index in [-0.39, 0.29) is 36.5 Å². The largest absolute Gasteiger partial charge is 0.496 e. The maximum atomic E-state index is 13.5. The summed E-state index contributed by atoms with van der Waals surface area (Å²) >= 11 is 0. The van der Waals surface area contributed by atoms with Crippen LogP contribution in [0.1, 0.15) is 69.5 Å². The van der Waals surface area contributed by atoms with Crippen LogP contribution in [-0.4, -0.2) is 134 Å². The molecule has 0 radical (unpaired) electrons. The summed E-state index contributed by atoms with van der Waals surface area (Å²) in [6.07, 6.45) is 5.77. The minimum absolute atomic E-state index is 0.0856. The lowest BCUT2D eigenvalue weighted by Gasteiger charge is -2.36. The number of urea groups is 1. The number of amides is 6. The zero-order valence-corrected chi connectivity index (χ0v) is 35.8. The number of pyridine rings is 1. The van der Waals surface area contributed by atoms with E-state index in [1.807, 2.05) is 38.5 Å². The molecule has 16 nitrogen and oxygen atoms in total. The zero-order chi connectivity index (χ0) is 43.1. The van der Waals surface area contributed by atoms with Gasteiger partial charge in [-0.3, -0.25) is 34.2 Å². The third-order valence-electron chi connectivity index (χ3n) is 13.3. The van der Waals surface area contributed by atoms with Crippen molar-refractivity contribution in [2.45, 2.75) is 57.7 Å². The molecule has 6 heterocycles. The number of methoxy groups -OCH3 is 2. The Morgan fingerprint density at radius 2 is 1.54 bits per heavy atom. The van der Waals surface area contributed by atoms with Crippen molar-refractivity contribution in [3.63, 3.8) is 0 Å². The monoisotopic (exact) mass is 836 g/mol. The van der Waals surface area contributed by atoms with Crippen molar-refractivity contribution in [2.75, 3.05) is 79.0 Å². The third-order valence-corrected chi connectivity index (χ3v) is 13.3. The van der Waals surface area contributed by atoms with Crippen LogP contribution in [0, 0.1) is 11.8 Å². The predicted octanol–water partition coefficient (Wildman–Crippen LogP) is 2.84. The maximum Gasteiger partial charge on any atom is 0.317 e. The summed E-state index contributed by atoms with van der Waals surface area (Å²) in [6.45, 7) is 6.28. The fourth-order valence-corrected chi connectivity index (χ4v) is 10.0. The van der Waals surface area contributed by atoms with Crippen LogP contribution in [-0.2, 0) is 36.1 Å². The lowest BCUT2D eigenvalue weighted by atomic mass is 9.83. The van der Waals surface area contributed by atoms with Crippen LogP contribution in [0.4, 0.5) is 10.5 Å². The van der Waals surface area contributed by atoms with Crippen LogP contribution in [0.2, 0.25) is 0 Å². The van der Waals surface area contributed by atoms with E-state index in [1.165, 1.54) is 0 Å². The Kier molecular flexibility index (Phi) is 11.9. The first-order chi connectivity index (χ1) is 29.3. The third kappa shape index (κ3) is 8.22. The molecule has 16 heteroatoms. The van der Waals surface area contributed by atoms with Gasteiger partial charge in [-0.25, -0.2) is 4.79 Å². The number of aromatic nitrogens is 1. The number of hydrogen-bond acceptors (Lipinski definition) is 11. The number of fused-ring (bicyclic) bond motifs is 2. The van der Waals surface area contributed by atoms with Gasteiger partial charge in [0.15, 0.2) is 0 Å². The fourth-order valence-electron chi connectivity index (χ4n) is 10.0. The maximum absolute atomic E-state index is 13.5. The van der Waals surface area contributed by atoms with Crippen molar-refractivity contribution in [1.29, 1.82) is 0 Å². The minimum atomic E-state index is -0.981. The Morgan fingerprint density at radius 3 is 2.23 bits per heavy atom. The number of ether oxygens (including phenoxy) is 2. The summed E-state index contributed by atoms with van der Waals surface area (Å²) in [5.74, 6) is 0.563. The van der Waals surface area contributed by atoms with Gasteiger partial charge in [-0.1, -0.05) is 0 Å². The van der Waals surface area contributed by atoms with Crippen LogP contribution < -0.4 is 30.6 Å². The highest BCUT2D eigenvalue weighted by atomic mass is 16.5. The van der Waals surface area contributed by atoms with E-state index in [9.17, 15) is 28.8 Å². The Labute approximate surface area is 355 Å². The first-order valence-corrected chi connectivity index (χ1v) is 21.3. The summed E-state index contributed by atoms with van der Waals surface area (Å²) in [5, 5.41) is 5.37. The predicted molar refractivity (Wildman–Crippen MR) is 228 cm³/mol. The molecule has 0 bridgehead atoms. The molecule has 2 N–H and O–H groups in total. The zero-order valence-electron chi connectivity index (χ0n) is 35.8. The molecule has 2 atom stereocenters. The molecule has 324 valence electrons. The molecule has 0 aliphatic carbocycles. The molecular weight excluding hydrogens is 781 g/mol. The Balaban J connectivity index is 0.822. The number of nitrogens with one attached hydrogen (secondary N) is 2. The van der Waals surface area contributed by atoms with Gasteiger partial charge < -0.3 is 39.0 Å². The van der Waals surface area contributed by atoms with Crippen molar-refractivity contribution in [1.82, 2.24) is 34.8 Å². The summed E-state index contributed by atoms with van der Waals surface area (Å²) in [5.41, 5.74) is 5.72. The average Bonchev–Trinajstić information content (AvgIpc) is 3.83. The van der Waals surface area contributed by atoms with Gasteiger partial charge in [0.2, 0.25) is 11.8 Å². The molecule has 0 spiro atoms. The van der Waals surface area contributed by atoms with E-state index in [1.54, 1.807) is 42.9 Å². The Morgan fingerprint density at radius 1 is 0.836 bits per heavy atom. The molecule has 2 aromatic carbocycles. The SMILES string of the molecule is COc1cc(-c2cn(C)c(=O)c3c2CCN(C(=O)NCCN2CCC(C4CCN(c5ccc6c(c5)C(=O)N(C5CCC(=O)NC5=O)C6=O)CC4)C2)C3)cc(OC)c1CN(C)C. The second kappa shape index (κ2) is 17.3. The molecule has 5 aliphatic rings. The summed E-state index contributed by atoms with van der Waals surface area (Å²) in [6, 6.07) is 8.18. The van der Waals surface area contributed by atoms with Crippen molar-refractivity contribution in [3.05, 3.63) is 74.7 Å². The number of carbonyl (C=O) groups is 5. The van der Waals surface area contributed by atoms with Crippen molar-refractivity contribution in [3.8, 4) is 22.6 Å². The van der Waals surface area contributed by atoms with E-state index >= 15 is 0 Å². The molecule has 1 aromatic heterocycles. The van der Waals surface area contributed by atoms with Gasteiger partial charge in [0, 0.05) is 82.3 Å². The van der Waals surface area contributed by atoms with E-state index in [0.717, 1.165) is 84.8 Å². The fraction of sp³-hybridized carbons (Fsp3) is 0.511. The van der Waals surface area contributed by atoms with E-state index in [2.05, 4.69) is 25.3 Å². The number of rotatable bonds is 11. The molecular formula is C45H56N8O8. The van der Waals surface area contributed by atoms with Crippen LogP contribution in [0.3, 0.4) is 0 Å². The molecule has 3 aromatic rings. The molecule has 8 rings (SSSR count). The first-order valence-electron chi connectivity index (χ1n) is 21.3. The van der Waals surface area contributed by atoms with E-state index < -0.39 is 29.7 Å². The number of nitrogens with zero attached hydrogens (tertiary/aromatic N) is 6. The van der Waals surface area contributed by atoms with Crippen molar-refractivity contribution < 1.29 is 33.4 Å². The molecule has 3 saturated heterocycles. The molecule has 61 heavy (non-hydrogen) atoms. The molecule has 0 saturated carbocycles. The number of anilines is 1. The average molecular weight is 837 g/mol. The lowest BCUT2D eigenvalue weighted by molar-refractivity contribution is -0.136. The molecule has 3 fully saturated rings. The number of imide groups is 2. The highest BCUT2D eigenvalue weighted by Crippen LogP contribution is 2.39. The van der Waals surface area contributed by atoms with Crippen molar-refractivity contribution in [2.24, 2.45) is 18.9 Å². The highest BCUT2D eigenvalue weighted by molar-refractivity contribution is 6.23. The molecule has 6 amide bonds. The van der Waals surface area contributed by atoms with Gasteiger partial charge in [-0.05, 0) is 106 Å². The summed E-state index contributed by atoms with van der Waals surface area (Å²) < 4.78 is 13.2. The van der Waals surface area contributed by atoms with Crippen LogP contribution in [0.25, 0.3) is 11.1 Å². The second-order valence-corrected chi connectivity index (χ2v) is 17.3. The van der Waals surface area contributed by atoms with Gasteiger partial charge in [-0.2, -0.15) is 0 Å². The minimum Gasteiger partial charge on any atom is -0.496 e. The Hall–Kier alpha value is -5.74. The summed E-state index contributed by atoms with van der Waals surface area (Å²) in [4.78, 5) is 87.1. The van der Waals surface area contributed by atoms with Gasteiger partial charge in [0.25, 0.3) is 17.4 Å². The smallest absolute Gasteiger partial charge is 0.317 e. The quantitative estimate of drug-likeness (QED) is 0.273. The van der Waals surface area contributed by atoms with Gasteiger partial charge in [0.1, 0.15) is 17.5 Å².